The third kappa shape index (κ3) is 3.17. The molecule has 0 aliphatic carbocycles. The van der Waals surface area contributed by atoms with Crippen molar-refractivity contribution in [2.24, 2.45) is 5.92 Å². The van der Waals surface area contributed by atoms with Crippen LogP contribution >= 0.6 is 11.8 Å². The van der Waals surface area contributed by atoms with Gasteiger partial charge in [-0.15, -0.1) is 11.8 Å². The maximum atomic E-state index is 11.1. The van der Waals surface area contributed by atoms with E-state index in [1.54, 1.807) is 0 Å². The van der Waals surface area contributed by atoms with Crippen LogP contribution in [-0.4, -0.2) is 16.3 Å². The SMILES string of the molecule is Cc1ccc(N)cc1SC(C(=O)O)C(C)C. The molecule has 3 nitrogen and oxygen atoms in total. The Hall–Kier alpha value is -1.16. The molecule has 1 rings (SSSR count). The van der Waals surface area contributed by atoms with Crippen molar-refractivity contribution in [3.63, 3.8) is 0 Å². The van der Waals surface area contributed by atoms with E-state index >= 15 is 0 Å². The van der Waals surface area contributed by atoms with Crippen LogP contribution < -0.4 is 5.73 Å². The number of aliphatic carboxylic acids is 1. The van der Waals surface area contributed by atoms with Gasteiger partial charge in [0.15, 0.2) is 0 Å². The normalized spacial score (nSPS) is 12.8. The fourth-order valence-corrected chi connectivity index (χ4v) is 2.46. The molecular formula is C12H17NO2S. The van der Waals surface area contributed by atoms with Crippen LogP contribution in [0.1, 0.15) is 19.4 Å². The van der Waals surface area contributed by atoms with Crippen LogP contribution in [0.2, 0.25) is 0 Å². The van der Waals surface area contributed by atoms with E-state index in [2.05, 4.69) is 0 Å². The molecule has 0 bridgehead atoms. The Bertz CT molecular complexity index is 391. The van der Waals surface area contributed by atoms with Crippen LogP contribution in [0, 0.1) is 12.8 Å². The third-order valence-corrected chi connectivity index (χ3v) is 4.01. The van der Waals surface area contributed by atoms with Gasteiger partial charge in [-0.3, -0.25) is 4.79 Å². The van der Waals surface area contributed by atoms with Gasteiger partial charge in [-0.1, -0.05) is 19.9 Å². The molecule has 0 aliphatic rings. The summed E-state index contributed by atoms with van der Waals surface area (Å²) in [4.78, 5) is 12.0. The highest BCUT2D eigenvalue weighted by molar-refractivity contribution is 8.00. The molecule has 0 saturated heterocycles. The predicted molar refractivity (Wildman–Crippen MR) is 67.7 cm³/mol. The first-order valence-corrected chi connectivity index (χ1v) is 6.05. The first kappa shape index (κ1) is 12.9. The molecule has 16 heavy (non-hydrogen) atoms. The van der Waals surface area contributed by atoms with E-state index in [9.17, 15) is 4.79 Å². The van der Waals surface area contributed by atoms with Crippen molar-refractivity contribution >= 4 is 23.4 Å². The molecule has 4 heteroatoms. The molecule has 1 atom stereocenters. The van der Waals surface area contributed by atoms with E-state index in [-0.39, 0.29) is 5.92 Å². The van der Waals surface area contributed by atoms with Gasteiger partial charge in [0.1, 0.15) is 5.25 Å². The second-order valence-corrected chi connectivity index (χ2v) is 5.33. The van der Waals surface area contributed by atoms with Crippen molar-refractivity contribution in [1.29, 1.82) is 0 Å². The topological polar surface area (TPSA) is 63.3 Å². The van der Waals surface area contributed by atoms with Gasteiger partial charge in [-0.2, -0.15) is 0 Å². The number of rotatable bonds is 4. The van der Waals surface area contributed by atoms with Gasteiger partial charge in [0.2, 0.25) is 0 Å². The number of nitrogens with two attached hydrogens (primary N) is 1. The zero-order valence-electron chi connectivity index (χ0n) is 9.73. The zero-order valence-corrected chi connectivity index (χ0v) is 10.5. The smallest absolute Gasteiger partial charge is 0.317 e. The van der Waals surface area contributed by atoms with Crippen LogP contribution in [0.25, 0.3) is 0 Å². The highest BCUT2D eigenvalue weighted by Gasteiger charge is 2.23. The molecule has 0 radical (unpaired) electrons. The van der Waals surface area contributed by atoms with Gasteiger partial charge >= 0.3 is 5.97 Å². The predicted octanol–water partition coefficient (Wildman–Crippen LogP) is 2.78. The second-order valence-electron chi connectivity index (χ2n) is 4.15. The van der Waals surface area contributed by atoms with Crippen molar-refractivity contribution in [2.75, 3.05) is 5.73 Å². The quantitative estimate of drug-likeness (QED) is 0.626. The number of anilines is 1. The number of carboxylic acid groups (broad SMARTS) is 1. The number of thioether (sulfide) groups is 1. The van der Waals surface area contributed by atoms with Crippen LogP contribution in [0.15, 0.2) is 23.1 Å². The average Bonchev–Trinajstić information content (AvgIpc) is 2.18. The molecule has 0 aromatic heterocycles. The van der Waals surface area contributed by atoms with Crippen molar-refractivity contribution in [1.82, 2.24) is 0 Å². The molecular weight excluding hydrogens is 222 g/mol. The minimum Gasteiger partial charge on any atom is -0.480 e. The van der Waals surface area contributed by atoms with Crippen LogP contribution in [0.3, 0.4) is 0 Å². The van der Waals surface area contributed by atoms with E-state index in [0.717, 1.165) is 10.5 Å². The minimum atomic E-state index is -0.776. The summed E-state index contributed by atoms with van der Waals surface area (Å²) in [5.74, 6) is -0.690. The lowest BCUT2D eigenvalue weighted by Gasteiger charge is -2.17. The second kappa shape index (κ2) is 5.25. The Morgan fingerprint density at radius 2 is 2.06 bits per heavy atom. The number of hydrogen-bond donors (Lipinski definition) is 2. The van der Waals surface area contributed by atoms with Gasteiger partial charge < -0.3 is 10.8 Å². The van der Waals surface area contributed by atoms with Crippen molar-refractivity contribution in [3.05, 3.63) is 23.8 Å². The highest BCUT2D eigenvalue weighted by atomic mass is 32.2. The lowest BCUT2D eigenvalue weighted by atomic mass is 10.1. The summed E-state index contributed by atoms with van der Waals surface area (Å²) in [6, 6.07) is 5.57. The molecule has 1 unspecified atom stereocenters. The third-order valence-electron chi connectivity index (χ3n) is 2.32. The first-order chi connectivity index (χ1) is 7.41. The van der Waals surface area contributed by atoms with Gasteiger partial charge in [0, 0.05) is 10.6 Å². The molecule has 0 aliphatic heterocycles. The Morgan fingerprint density at radius 1 is 1.44 bits per heavy atom. The summed E-state index contributed by atoms with van der Waals surface area (Å²) in [6.45, 7) is 5.78. The molecule has 0 spiro atoms. The maximum absolute atomic E-state index is 11.1. The highest BCUT2D eigenvalue weighted by Crippen LogP contribution is 2.31. The fourth-order valence-electron chi connectivity index (χ4n) is 1.35. The lowest BCUT2D eigenvalue weighted by molar-refractivity contribution is -0.137. The Morgan fingerprint density at radius 3 is 2.56 bits per heavy atom. The number of aryl methyl sites for hydroxylation is 1. The molecule has 0 heterocycles. The van der Waals surface area contributed by atoms with E-state index in [1.165, 1.54) is 11.8 Å². The van der Waals surface area contributed by atoms with Crippen LogP contribution in [-0.2, 0) is 4.79 Å². The zero-order chi connectivity index (χ0) is 12.3. The van der Waals surface area contributed by atoms with E-state index in [4.69, 9.17) is 10.8 Å². The number of benzene rings is 1. The minimum absolute atomic E-state index is 0.0864. The number of hydrogen-bond acceptors (Lipinski definition) is 3. The standard InChI is InChI=1S/C12H17NO2S/c1-7(2)11(12(14)15)16-10-6-9(13)5-4-8(10)3/h4-7,11H,13H2,1-3H3,(H,14,15). The Kier molecular flexibility index (Phi) is 4.24. The average molecular weight is 239 g/mol. The summed E-state index contributed by atoms with van der Waals surface area (Å²) in [7, 11) is 0. The van der Waals surface area contributed by atoms with E-state index in [0.29, 0.717) is 5.69 Å². The van der Waals surface area contributed by atoms with Gasteiger partial charge in [0.25, 0.3) is 0 Å². The molecule has 3 N–H and O–H groups in total. The molecule has 1 aromatic rings. The monoisotopic (exact) mass is 239 g/mol. The summed E-state index contributed by atoms with van der Waals surface area (Å²) in [6.07, 6.45) is 0. The fraction of sp³-hybridized carbons (Fsp3) is 0.417. The van der Waals surface area contributed by atoms with Crippen molar-refractivity contribution in [2.45, 2.75) is 30.9 Å². The van der Waals surface area contributed by atoms with Crippen molar-refractivity contribution < 1.29 is 9.90 Å². The summed E-state index contributed by atoms with van der Waals surface area (Å²) >= 11 is 1.37. The largest absolute Gasteiger partial charge is 0.480 e. The number of carboxylic acids is 1. The summed E-state index contributed by atoms with van der Waals surface area (Å²) in [5, 5.41) is 8.68. The molecule has 1 aromatic carbocycles. The summed E-state index contributed by atoms with van der Waals surface area (Å²) in [5.41, 5.74) is 7.42. The van der Waals surface area contributed by atoms with Crippen LogP contribution in [0.4, 0.5) is 5.69 Å². The van der Waals surface area contributed by atoms with Crippen LogP contribution in [0.5, 0.6) is 0 Å². The van der Waals surface area contributed by atoms with Gasteiger partial charge in [-0.25, -0.2) is 0 Å². The van der Waals surface area contributed by atoms with Gasteiger partial charge in [0.05, 0.1) is 0 Å². The summed E-state index contributed by atoms with van der Waals surface area (Å²) < 4.78 is 0. The Balaban J connectivity index is 2.93. The number of nitrogen functional groups attached to an aromatic ring is 1. The van der Waals surface area contributed by atoms with E-state index in [1.807, 2.05) is 39.0 Å². The molecule has 0 saturated carbocycles. The number of carbonyl (C=O) groups is 1. The molecule has 0 fully saturated rings. The maximum Gasteiger partial charge on any atom is 0.317 e. The van der Waals surface area contributed by atoms with Gasteiger partial charge in [-0.05, 0) is 30.5 Å². The lowest BCUT2D eigenvalue weighted by Crippen LogP contribution is -2.22. The Labute approximate surface area is 100 Å². The molecule has 88 valence electrons. The van der Waals surface area contributed by atoms with Crippen molar-refractivity contribution in [3.8, 4) is 0 Å². The van der Waals surface area contributed by atoms with E-state index < -0.39 is 11.2 Å². The first-order valence-electron chi connectivity index (χ1n) is 5.17. The molecule has 0 amide bonds.